The lowest BCUT2D eigenvalue weighted by molar-refractivity contribution is -0.187. The number of carbonyl (C=O) groups excluding carboxylic acids is 4. The van der Waals surface area contributed by atoms with Gasteiger partial charge in [-0.1, -0.05) is 24.3 Å². The van der Waals surface area contributed by atoms with E-state index < -0.39 is 60.6 Å². The number of urea groups is 1. The molecule has 2 aliphatic rings. The number of rotatable bonds is 8. The number of fused-ring (bicyclic) bond motifs is 2. The highest BCUT2D eigenvalue weighted by Crippen LogP contribution is 2.47. The second kappa shape index (κ2) is 11.4. The molecule has 1 spiro atoms. The van der Waals surface area contributed by atoms with Crippen LogP contribution in [-0.2, 0) is 33.0 Å². The fraction of sp³-hybridized carbons (Fsp3) is 0.345. The van der Waals surface area contributed by atoms with Crippen LogP contribution in [0.3, 0.4) is 0 Å². The Morgan fingerprint density at radius 1 is 1.16 bits per heavy atom. The number of halogens is 4. The number of amides is 5. The Labute approximate surface area is 248 Å². The third-order valence-electron chi connectivity index (χ3n) is 7.92. The van der Waals surface area contributed by atoms with Crippen LogP contribution in [0.15, 0.2) is 54.9 Å². The first-order valence-electron chi connectivity index (χ1n) is 13.5. The molecule has 232 valence electrons. The summed E-state index contributed by atoms with van der Waals surface area (Å²) in [6, 6.07) is 6.10. The van der Waals surface area contributed by atoms with E-state index in [0.717, 1.165) is 19.1 Å². The molecular weight excluding hydrogens is 588 g/mol. The number of aromatic nitrogens is 2. The van der Waals surface area contributed by atoms with Gasteiger partial charge >= 0.3 is 12.2 Å². The predicted octanol–water partition coefficient (Wildman–Crippen LogP) is 2.60. The summed E-state index contributed by atoms with van der Waals surface area (Å²) in [5.74, 6) is -2.90. The van der Waals surface area contributed by atoms with Crippen molar-refractivity contribution in [2.75, 3.05) is 13.6 Å². The normalized spacial score (nSPS) is 20.1. The SMILES string of the molecule is CNC(=O)Cn1cc(-c2ccc3c(c2)C(O)CC32NC(=O)N(CC(=O)N(Cc3ccc(F)cc3)[C@@H](C)C(F)(F)F)C2=O)cn1. The summed E-state index contributed by atoms with van der Waals surface area (Å²) in [5, 5.41) is 20.1. The molecule has 1 aromatic heterocycles. The van der Waals surface area contributed by atoms with Crippen LogP contribution in [0, 0.1) is 5.82 Å². The molecule has 0 radical (unpaired) electrons. The maximum atomic E-state index is 13.7. The van der Waals surface area contributed by atoms with Crippen molar-refractivity contribution in [1.29, 1.82) is 0 Å². The molecule has 0 bridgehead atoms. The van der Waals surface area contributed by atoms with Gasteiger partial charge < -0.3 is 20.6 Å². The molecule has 2 unspecified atom stereocenters. The molecule has 2 heterocycles. The molecule has 5 rings (SSSR count). The maximum absolute atomic E-state index is 13.7. The summed E-state index contributed by atoms with van der Waals surface area (Å²) in [5.41, 5.74) is 0.347. The number of nitrogens with zero attached hydrogens (tertiary/aromatic N) is 4. The van der Waals surface area contributed by atoms with Gasteiger partial charge in [0.1, 0.15) is 30.5 Å². The molecule has 1 saturated heterocycles. The van der Waals surface area contributed by atoms with E-state index in [1.165, 1.54) is 30.1 Å². The van der Waals surface area contributed by atoms with Gasteiger partial charge in [-0.15, -0.1) is 0 Å². The highest BCUT2D eigenvalue weighted by Gasteiger charge is 2.58. The first-order valence-corrected chi connectivity index (χ1v) is 13.5. The molecule has 2 aromatic carbocycles. The Kier molecular flexibility index (Phi) is 7.92. The van der Waals surface area contributed by atoms with Gasteiger partial charge in [0.2, 0.25) is 11.8 Å². The van der Waals surface area contributed by atoms with E-state index in [9.17, 15) is 41.8 Å². The molecule has 15 heteroatoms. The van der Waals surface area contributed by atoms with Crippen molar-refractivity contribution in [1.82, 2.24) is 30.2 Å². The first-order chi connectivity index (χ1) is 20.7. The molecule has 1 aliphatic carbocycles. The van der Waals surface area contributed by atoms with E-state index in [4.69, 9.17) is 0 Å². The van der Waals surface area contributed by atoms with Crippen molar-refractivity contribution in [2.45, 2.75) is 50.3 Å². The maximum Gasteiger partial charge on any atom is 0.408 e. The van der Waals surface area contributed by atoms with Crippen molar-refractivity contribution in [3.05, 3.63) is 77.4 Å². The van der Waals surface area contributed by atoms with Gasteiger partial charge in [0, 0.05) is 31.8 Å². The lowest BCUT2D eigenvalue weighted by Gasteiger charge is -2.32. The van der Waals surface area contributed by atoms with E-state index in [1.54, 1.807) is 24.4 Å². The van der Waals surface area contributed by atoms with Crippen LogP contribution >= 0.6 is 0 Å². The van der Waals surface area contributed by atoms with Gasteiger partial charge in [-0.05, 0) is 47.4 Å². The molecule has 3 aromatic rings. The van der Waals surface area contributed by atoms with Gasteiger partial charge in [-0.25, -0.2) is 9.18 Å². The van der Waals surface area contributed by atoms with Gasteiger partial charge in [-0.3, -0.25) is 24.0 Å². The first kappa shape index (κ1) is 30.7. The molecule has 1 fully saturated rings. The molecule has 11 nitrogen and oxygen atoms in total. The highest BCUT2D eigenvalue weighted by molar-refractivity contribution is 6.10. The van der Waals surface area contributed by atoms with Crippen molar-refractivity contribution in [3.8, 4) is 11.1 Å². The lowest BCUT2D eigenvalue weighted by atomic mass is 9.90. The quantitative estimate of drug-likeness (QED) is 0.263. The molecule has 44 heavy (non-hydrogen) atoms. The molecule has 0 saturated carbocycles. The molecule has 5 amide bonds. The average molecular weight is 617 g/mol. The Bertz CT molecular complexity index is 1620. The Hall–Kier alpha value is -4.79. The summed E-state index contributed by atoms with van der Waals surface area (Å²) in [6.45, 7) is -0.760. The number of carbonyl (C=O) groups is 4. The van der Waals surface area contributed by atoms with Crippen LogP contribution in [0.1, 0.15) is 36.1 Å². The number of alkyl halides is 3. The van der Waals surface area contributed by atoms with Gasteiger partial charge in [-0.2, -0.15) is 18.3 Å². The second-order valence-corrected chi connectivity index (χ2v) is 10.7. The minimum absolute atomic E-state index is 0.00859. The number of benzene rings is 2. The third kappa shape index (κ3) is 5.62. The largest absolute Gasteiger partial charge is 0.408 e. The lowest BCUT2D eigenvalue weighted by Crippen LogP contribution is -2.51. The average Bonchev–Trinajstić information content (AvgIpc) is 3.62. The van der Waals surface area contributed by atoms with Crippen LogP contribution in [-0.4, -0.2) is 74.3 Å². The van der Waals surface area contributed by atoms with Crippen molar-refractivity contribution in [3.63, 3.8) is 0 Å². The van der Waals surface area contributed by atoms with Crippen LogP contribution in [0.5, 0.6) is 0 Å². The number of aliphatic hydroxyl groups is 1. The summed E-state index contributed by atoms with van der Waals surface area (Å²) in [7, 11) is 1.50. The zero-order valence-corrected chi connectivity index (χ0v) is 23.6. The smallest absolute Gasteiger partial charge is 0.388 e. The Balaban J connectivity index is 1.39. The summed E-state index contributed by atoms with van der Waals surface area (Å²) >= 11 is 0. The van der Waals surface area contributed by atoms with E-state index >= 15 is 0 Å². The van der Waals surface area contributed by atoms with Crippen molar-refractivity contribution < 1.29 is 41.8 Å². The Morgan fingerprint density at radius 3 is 2.52 bits per heavy atom. The fourth-order valence-corrected chi connectivity index (χ4v) is 5.46. The summed E-state index contributed by atoms with van der Waals surface area (Å²) < 4.78 is 55.9. The zero-order chi connectivity index (χ0) is 32.0. The molecule has 3 atom stereocenters. The van der Waals surface area contributed by atoms with Gasteiger partial charge in [0.25, 0.3) is 5.91 Å². The highest BCUT2D eigenvalue weighted by atomic mass is 19.4. The molecule has 3 N–H and O–H groups in total. The number of likely N-dealkylation sites (N-methyl/N-ethyl adjacent to an activating group) is 1. The monoisotopic (exact) mass is 616 g/mol. The number of imide groups is 1. The van der Waals surface area contributed by atoms with Crippen LogP contribution in [0.25, 0.3) is 11.1 Å². The number of nitrogens with one attached hydrogen (secondary N) is 2. The number of aliphatic hydroxyl groups excluding tert-OH is 1. The Morgan fingerprint density at radius 2 is 1.86 bits per heavy atom. The molecular formula is C29H28F4N6O5. The second-order valence-electron chi connectivity index (χ2n) is 10.7. The van der Waals surface area contributed by atoms with Crippen molar-refractivity contribution in [2.24, 2.45) is 0 Å². The van der Waals surface area contributed by atoms with E-state index in [2.05, 4.69) is 15.7 Å². The van der Waals surface area contributed by atoms with E-state index in [1.807, 2.05) is 0 Å². The van der Waals surface area contributed by atoms with Crippen LogP contribution in [0.4, 0.5) is 22.4 Å². The molecule has 1 aliphatic heterocycles. The standard InChI is InChI=1S/C29H28F4N6O5/c1-16(29(31,32)33)38(12-17-3-6-20(30)7-4-17)25(42)15-39-26(43)28(36-27(39)44)10-23(40)21-9-18(5-8-22(21)28)19-11-35-37(13-19)14-24(41)34-2/h3-9,11,13,16,23,40H,10,12,14-15H2,1-2H3,(H,34,41)(H,36,44)/t16-,23?,28?/m0/s1. The van der Waals surface area contributed by atoms with E-state index in [-0.39, 0.29) is 30.0 Å². The summed E-state index contributed by atoms with van der Waals surface area (Å²) in [6.07, 6.45) is -3.11. The minimum Gasteiger partial charge on any atom is -0.388 e. The zero-order valence-electron chi connectivity index (χ0n) is 23.6. The predicted molar refractivity (Wildman–Crippen MR) is 146 cm³/mol. The van der Waals surface area contributed by atoms with Crippen LogP contribution in [0.2, 0.25) is 0 Å². The minimum atomic E-state index is -4.82. The number of hydrogen-bond donors (Lipinski definition) is 3. The third-order valence-corrected chi connectivity index (χ3v) is 7.92. The van der Waals surface area contributed by atoms with E-state index in [0.29, 0.717) is 26.5 Å². The fourth-order valence-electron chi connectivity index (χ4n) is 5.46. The van der Waals surface area contributed by atoms with Crippen LogP contribution < -0.4 is 10.6 Å². The van der Waals surface area contributed by atoms with Gasteiger partial charge in [0.15, 0.2) is 0 Å². The van der Waals surface area contributed by atoms with Crippen molar-refractivity contribution >= 4 is 23.8 Å². The van der Waals surface area contributed by atoms with Gasteiger partial charge in [0.05, 0.1) is 12.3 Å². The number of hydrogen-bond acceptors (Lipinski definition) is 6. The topological polar surface area (TPSA) is 137 Å². The summed E-state index contributed by atoms with van der Waals surface area (Å²) in [4.78, 5) is 52.7.